The number of phenolic OH excluding ortho intramolecular Hbond substituents is 1. The van der Waals surface area contributed by atoms with Crippen molar-refractivity contribution in [1.29, 1.82) is 0 Å². The summed E-state index contributed by atoms with van der Waals surface area (Å²) < 4.78 is 0. The molecule has 216 valence electrons. The molecule has 3 aliphatic carbocycles. The normalized spacial score (nSPS) is 30.3. The molecule has 3 aliphatic rings. The van der Waals surface area contributed by atoms with Gasteiger partial charge in [0.25, 0.3) is 0 Å². The summed E-state index contributed by atoms with van der Waals surface area (Å²) in [4.78, 5) is 53.3. The van der Waals surface area contributed by atoms with Crippen LogP contribution in [0.1, 0.15) is 84.9 Å². The Labute approximate surface area is 234 Å². The number of aliphatic hydroxyl groups is 3. The van der Waals surface area contributed by atoms with Crippen LogP contribution in [0.3, 0.4) is 0 Å². The van der Waals surface area contributed by atoms with E-state index in [-0.39, 0.29) is 47.3 Å². The Morgan fingerprint density at radius 3 is 2.20 bits per heavy atom. The minimum absolute atomic E-state index is 0.00885. The number of fused-ring (bicyclic) bond motifs is 3. The topological polar surface area (TPSA) is 149 Å². The number of ketones is 4. The molecule has 0 bridgehead atoms. The predicted molar refractivity (Wildman–Crippen MR) is 149 cm³/mol. The van der Waals surface area contributed by atoms with Crippen LogP contribution < -0.4 is 0 Å². The van der Waals surface area contributed by atoms with Crippen molar-refractivity contribution in [2.75, 3.05) is 0 Å². The molecule has 0 radical (unpaired) electrons. The maximum Gasteiger partial charge on any atom is 0.203 e. The van der Waals surface area contributed by atoms with E-state index in [0.29, 0.717) is 17.5 Å². The standard InChI is InChI=1S/C32H40O8/c1-15(2)23-25(36)21(16(3)33)27(38)32(40)28(39)24-26(37)22-19(13-30(24,7)14-31(23,32)8)17(9-10-20(22)35)11-18(34)12-29(4,5)6/h9-10,15,23,35,37-38,40H,11-14H2,1-8H3/t23?,30-,31-,32+/m1/s1. The minimum atomic E-state index is -2.65. The van der Waals surface area contributed by atoms with Crippen LogP contribution in [-0.2, 0) is 32.0 Å². The molecular weight excluding hydrogens is 512 g/mol. The van der Waals surface area contributed by atoms with Crippen LogP contribution in [0.15, 0.2) is 29.0 Å². The van der Waals surface area contributed by atoms with Crippen LogP contribution in [0.5, 0.6) is 5.75 Å². The average molecular weight is 553 g/mol. The molecule has 0 amide bonds. The fourth-order valence-corrected chi connectivity index (χ4v) is 7.81. The Bertz CT molecular complexity index is 1420. The van der Waals surface area contributed by atoms with Gasteiger partial charge in [0.2, 0.25) is 5.78 Å². The Hall–Kier alpha value is -3.26. The lowest BCUT2D eigenvalue weighted by Gasteiger charge is -2.59. The van der Waals surface area contributed by atoms with E-state index in [1.54, 1.807) is 33.8 Å². The molecule has 1 unspecified atom stereocenters. The zero-order chi connectivity index (χ0) is 30.3. The van der Waals surface area contributed by atoms with Crippen molar-refractivity contribution in [3.8, 4) is 5.75 Å². The molecule has 0 saturated heterocycles. The van der Waals surface area contributed by atoms with Crippen LogP contribution >= 0.6 is 0 Å². The first-order valence-electron chi connectivity index (χ1n) is 13.8. The van der Waals surface area contributed by atoms with Crippen molar-refractivity contribution >= 4 is 28.9 Å². The minimum Gasteiger partial charge on any atom is -0.508 e. The third-order valence-electron chi connectivity index (χ3n) is 9.10. The van der Waals surface area contributed by atoms with Gasteiger partial charge in [0.15, 0.2) is 17.2 Å². The molecule has 1 aromatic rings. The summed E-state index contributed by atoms with van der Waals surface area (Å²) >= 11 is 0. The van der Waals surface area contributed by atoms with Gasteiger partial charge in [-0.15, -0.1) is 0 Å². The van der Waals surface area contributed by atoms with Crippen LogP contribution in [0, 0.1) is 28.1 Å². The monoisotopic (exact) mass is 552 g/mol. The highest BCUT2D eigenvalue weighted by atomic mass is 16.3. The van der Waals surface area contributed by atoms with E-state index >= 15 is 0 Å². The molecule has 0 aliphatic heterocycles. The zero-order valence-electron chi connectivity index (χ0n) is 24.6. The summed E-state index contributed by atoms with van der Waals surface area (Å²) in [6, 6.07) is 3.01. The van der Waals surface area contributed by atoms with Gasteiger partial charge in [-0.25, -0.2) is 0 Å². The van der Waals surface area contributed by atoms with E-state index < -0.39 is 62.7 Å². The fourth-order valence-electron chi connectivity index (χ4n) is 7.81. The molecule has 8 nitrogen and oxygen atoms in total. The Kier molecular flexibility index (Phi) is 6.78. The molecule has 1 fully saturated rings. The van der Waals surface area contributed by atoms with Gasteiger partial charge in [0.1, 0.15) is 28.6 Å². The second kappa shape index (κ2) is 9.13. The van der Waals surface area contributed by atoms with Gasteiger partial charge in [-0.2, -0.15) is 0 Å². The molecule has 0 heterocycles. The van der Waals surface area contributed by atoms with Gasteiger partial charge < -0.3 is 20.4 Å². The lowest BCUT2D eigenvalue weighted by Crippen LogP contribution is -2.69. The van der Waals surface area contributed by atoms with Crippen LogP contribution in [0.2, 0.25) is 0 Å². The molecule has 1 saturated carbocycles. The van der Waals surface area contributed by atoms with Crippen molar-refractivity contribution in [3.63, 3.8) is 0 Å². The lowest BCUT2D eigenvalue weighted by atomic mass is 9.43. The molecule has 4 atom stereocenters. The number of allylic oxidation sites excluding steroid dienone is 1. The number of Topliss-reactive ketones (excluding diaryl/α,β-unsaturated/α-hetero) is 4. The van der Waals surface area contributed by atoms with Crippen molar-refractivity contribution in [3.05, 3.63) is 45.7 Å². The van der Waals surface area contributed by atoms with Gasteiger partial charge in [0.05, 0.1) is 5.56 Å². The SMILES string of the molecule is CC(=O)C1=C(O)[C@]2(O)C(=O)C3=C(O)c4c(O)ccc(CC(=O)CC(C)(C)C)c4C[C@]3(C)C[C@]2(C)C(C(C)C)C1=O. The molecular formula is C32H40O8. The second-order valence-electron chi connectivity index (χ2n) is 14.0. The highest BCUT2D eigenvalue weighted by molar-refractivity contribution is 6.24. The maximum atomic E-state index is 14.3. The van der Waals surface area contributed by atoms with Gasteiger partial charge in [-0.1, -0.05) is 54.5 Å². The molecule has 0 aromatic heterocycles. The smallest absolute Gasteiger partial charge is 0.203 e. The van der Waals surface area contributed by atoms with Gasteiger partial charge in [-0.05, 0) is 48.3 Å². The first-order valence-corrected chi connectivity index (χ1v) is 13.8. The Morgan fingerprint density at radius 2 is 1.68 bits per heavy atom. The summed E-state index contributed by atoms with van der Waals surface area (Å²) in [6.45, 7) is 13.8. The highest BCUT2D eigenvalue weighted by Gasteiger charge is 2.72. The van der Waals surface area contributed by atoms with Crippen molar-refractivity contribution < 1.29 is 39.6 Å². The van der Waals surface area contributed by atoms with E-state index in [1.807, 2.05) is 20.8 Å². The molecule has 0 spiro atoms. The number of aromatic hydroxyl groups is 1. The summed E-state index contributed by atoms with van der Waals surface area (Å²) in [5.41, 5.74) is -5.13. The maximum absolute atomic E-state index is 14.3. The molecule has 1 aromatic carbocycles. The summed E-state index contributed by atoms with van der Waals surface area (Å²) in [6.07, 6.45) is 0.565. The summed E-state index contributed by atoms with van der Waals surface area (Å²) in [7, 11) is 0. The molecule has 8 heteroatoms. The zero-order valence-corrected chi connectivity index (χ0v) is 24.6. The fraction of sp³-hybridized carbons (Fsp3) is 0.562. The van der Waals surface area contributed by atoms with Gasteiger partial charge in [0, 0.05) is 35.2 Å². The third kappa shape index (κ3) is 4.06. The van der Waals surface area contributed by atoms with E-state index in [4.69, 9.17) is 0 Å². The first kappa shape index (κ1) is 29.7. The van der Waals surface area contributed by atoms with Crippen molar-refractivity contribution in [2.45, 2.75) is 86.7 Å². The number of hydrogen-bond donors (Lipinski definition) is 4. The Morgan fingerprint density at radius 1 is 1.07 bits per heavy atom. The number of carbonyl (C=O) groups is 4. The van der Waals surface area contributed by atoms with E-state index in [1.165, 1.54) is 6.07 Å². The molecule has 4 rings (SSSR count). The third-order valence-corrected chi connectivity index (χ3v) is 9.10. The highest BCUT2D eigenvalue weighted by Crippen LogP contribution is 2.65. The number of rotatable bonds is 5. The number of phenols is 1. The Balaban J connectivity index is 1.98. The predicted octanol–water partition coefficient (Wildman–Crippen LogP) is 4.74. The van der Waals surface area contributed by atoms with E-state index in [2.05, 4.69) is 0 Å². The average Bonchev–Trinajstić information content (AvgIpc) is 2.76. The first-order chi connectivity index (χ1) is 18.2. The number of aliphatic hydroxyl groups excluding tert-OH is 2. The largest absolute Gasteiger partial charge is 0.508 e. The van der Waals surface area contributed by atoms with Crippen molar-refractivity contribution in [1.82, 2.24) is 0 Å². The lowest BCUT2D eigenvalue weighted by molar-refractivity contribution is -0.178. The quantitative estimate of drug-likeness (QED) is 0.383. The van der Waals surface area contributed by atoms with Crippen LogP contribution in [0.25, 0.3) is 5.76 Å². The molecule has 40 heavy (non-hydrogen) atoms. The number of hydrogen-bond acceptors (Lipinski definition) is 8. The second-order valence-corrected chi connectivity index (χ2v) is 14.0. The summed E-state index contributed by atoms with van der Waals surface area (Å²) in [5, 5.41) is 45.7. The summed E-state index contributed by atoms with van der Waals surface area (Å²) in [5.74, 6) is -5.59. The number of carbonyl (C=O) groups excluding carboxylic acids is 4. The van der Waals surface area contributed by atoms with Crippen molar-refractivity contribution in [2.24, 2.45) is 28.1 Å². The number of benzene rings is 1. The van der Waals surface area contributed by atoms with Gasteiger partial charge in [-0.3, -0.25) is 19.2 Å². The van der Waals surface area contributed by atoms with E-state index in [0.717, 1.165) is 6.92 Å². The van der Waals surface area contributed by atoms with Crippen LogP contribution in [-0.4, -0.2) is 49.2 Å². The molecule has 4 N–H and O–H groups in total. The van der Waals surface area contributed by atoms with Crippen LogP contribution in [0.4, 0.5) is 0 Å². The van der Waals surface area contributed by atoms with Gasteiger partial charge >= 0.3 is 0 Å². The van der Waals surface area contributed by atoms with E-state index in [9.17, 15) is 39.6 Å².